The highest BCUT2D eigenvalue weighted by Gasteiger charge is 2.34. The molecule has 0 spiro atoms. The minimum absolute atomic E-state index is 0.0167. The standard InChI is InChI=1S/C15H8ClF3N2O2/c16-12-6-5-8-7-11(21(14(22)23)13(8)20-12)9-3-1-2-4-10(9)15(17,18)19/h1-7H,(H,22,23). The Bertz CT molecular complexity index is 919. The van der Waals surface area contributed by atoms with Gasteiger partial charge in [0.1, 0.15) is 5.15 Å². The van der Waals surface area contributed by atoms with Crippen LogP contribution in [0.25, 0.3) is 22.3 Å². The lowest BCUT2D eigenvalue weighted by atomic mass is 10.0. The minimum Gasteiger partial charge on any atom is -0.464 e. The molecule has 0 aliphatic rings. The molecule has 23 heavy (non-hydrogen) atoms. The van der Waals surface area contributed by atoms with Crippen molar-refractivity contribution in [3.05, 3.63) is 53.2 Å². The quantitative estimate of drug-likeness (QED) is 0.641. The van der Waals surface area contributed by atoms with Crippen LogP contribution < -0.4 is 0 Å². The molecular formula is C15H8ClF3N2O2. The molecule has 3 rings (SSSR count). The molecular weight excluding hydrogens is 333 g/mol. The lowest BCUT2D eigenvalue weighted by molar-refractivity contribution is -0.137. The summed E-state index contributed by atoms with van der Waals surface area (Å²) in [4.78, 5) is 15.4. The Kier molecular flexibility index (Phi) is 3.52. The fourth-order valence-electron chi connectivity index (χ4n) is 2.40. The van der Waals surface area contributed by atoms with Crippen molar-refractivity contribution in [2.75, 3.05) is 0 Å². The van der Waals surface area contributed by atoms with Gasteiger partial charge in [-0.15, -0.1) is 0 Å². The molecule has 0 unspecified atom stereocenters. The van der Waals surface area contributed by atoms with Crippen LogP contribution in [0, 0.1) is 0 Å². The van der Waals surface area contributed by atoms with Crippen molar-refractivity contribution < 1.29 is 23.1 Å². The molecule has 0 amide bonds. The van der Waals surface area contributed by atoms with Gasteiger partial charge in [0.05, 0.1) is 11.3 Å². The van der Waals surface area contributed by atoms with E-state index < -0.39 is 17.8 Å². The van der Waals surface area contributed by atoms with Crippen LogP contribution in [0.15, 0.2) is 42.5 Å². The van der Waals surface area contributed by atoms with Gasteiger partial charge in [0, 0.05) is 10.9 Å². The number of halogens is 4. The lowest BCUT2D eigenvalue weighted by Gasteiger charge is -2.13. The van der Waals surface area contributed by atoms with Crippen LogP contribution in [0.5, 0.6) is 0 Å². The Morgan fingerprint density at radius 3 is 2.52 bits per heavy atom. The Balaban J connectivity index is 2.38. The maximum Gasteiger partial charge on any atom is 0.417 e. The molecule has 1 N–H and O–H groups in total. The van der Waals surface area contributed by atoms with Gasteiger partial charge >= 0.3 is 12.3 Å². The fourth-order valence-corrected chi connectivity index (χ4v) is 2.54. The zero-order chi connectivity index (χ0) is 16.8. The van der Waals surface area contributed by atoms with E-state index in [1.807, 2.05) is 0 Å². The van der Waals surface area contributed by atoms with Gasteiger partial charge in [0.25, 0.3) is 0 Å². The molecule has 0 radical (unpaired) electrons. The van der Waals surface area contributed by atoms with Crippen LogP contribution >= 0.6 is 11.6 Å². The second-order valence-electron chi connectivity index (χ2n) is 4.74. The molecule has 0 aliphatic heterocycles. The Morgan fingerprint density at radius 2 is 1.87 bits per heavy atom. The third-order valence-corrected chi connectivity index (χ3v) is 3.53. The van der Waals surface area contributed by atoms with E-state index in [4.69, 9.17) is 11.6 Å². The van der Waals surface area contributed by atoms with Gasteiger partial charge in [-0.2, -0.15) is 13.2 Å². The number of rotatable bonds is 1. The van der Waals surface area contributed by atoms with Gasteiger partial charge in [-0.05, 0) is 24.3 Å². The van der Waals surface area contributed by atoms with Crippen LogP contribution in [0.2, 0.25) is 5.15 Å². The molecule has 0 aliphatic carbocycles. The van der Waals surface area contributed by atoms with Gasteiger partial charge in [-0.1, -0.05) is 29.8 Å². The smallest absolute Gasteiger partial charge is 0.417 e. The maximum atomic E-state index is 13.2. The zero-order valence-electron chi connectivity index (χ0n) is 11.3. The van der Waals surface area contributed by atoms with Crippen molar-refractivity contribution in [3.8, 4) is 11.3 Å². The van der Waals surface area contributed by atoms with E-state index in [0.717, 1.165) is 6.07 Å². The number of aromatic nitrogens is 2. The van der Waals surface area contributed by atoms with E-state index in [0.29, 0.717) is 9.95 Å². The molecule has 0 bridgehead atoms. The summed E-state index contributed by atoms with van der Waals surface area (Å²) in [6, 6.07) is 9.07. The number of nitrogens with zero attached hydrogens (tertiary/aromatic N) is 2. The predicted octanol–water partition coefficient (Wildman–Crippen LogP) is 4.90. The molecule has 4 nitrogen and oxygen atoms in total. The van der Waals surface area contributed by atoms with E-state index in [9.17, 15) is 23.1 Å². The van der Waals surface area contributed by atoms with Crippen molar-refractivity contribution in [2.24, 2.45) is 0 Å². The third kappa shape index (κ3) is 2.63. The second kappa shape index (κ2) is 5.27. The summed E-state index contributed by atoms with van der Waals surface area (Å²) < 4.78 is 40.3. The highest BCUT2D eigenvalue weighted by atomic mass is 35.5. The number of alkyl halides is 3. The normalized spacial score (nSPS) is 11.8. The Morgan fingerprint density at radius 1 is 1.17 bits per heavy atom. The summed E-state index contributed by atoms with van der Waals surface area (Å²) in [6.45, 7) is 0. The van der Waals surface area contributed by atoms with Crippen molar-refractivity contribution in [2.45, 2.75) is 6.18 Å². The monoisotopic (exact) mass is 340 g/mol. The van der Waals surface area contributed by atoms with Gasteiger partial charge < -0.3 is 5.11 Å². The molecule has 2 aromatic heterocycles. The van der Waals surface area contributed by atoms with Crippen LogP contribution in [0.3, 0.4) is 0 Å². The Labute approximate surface area is 132 Å². The minimum atomic E-state index is -4.61. The zero-order valence-corrected chi connectivity index (χ0v) is 12.1. The predicted molar refractivity (Wildman–Crippen MR) is 78.6 cm³/mol. The van der Waals surface area contributed by atoms with E-state index in [-0.39, 0.29) is 22.1 Å². The van der Waals surface area contributed by atoms with Crippen molar-refractivity contribution in [1.82, 2.24) is 9.55 Å². The SMILES string of the molecule is O=C(O)n1c(-c2ccccc2C(F)(F)F)cc2ccc(Cl)nc21. The van der Waals surface area contributed by atoms with E-state index in [2.05, 4.69) is 4.98 Å². The molecule has 3 aromatic rings. The van der Waals surface area contributed by atoms with Crippen molar-refractivity contribution in [1.29, 1.82) is 0 Å². The Hall–Kier alpha value is -2.54. The van der Waals surface area contributed by atoms with Crippen LogP contribution in [-0.2, 0) is 6.18 Å². The summed E-state index contributed by atoms with van der Waals surface area (Å²) in [7, 11) is 0. The summed E-state index contributed by atoms with van der Waals surface area (Å²) in [5.74, 6) is 0. The highest BCUT2D eigenvalue weighted by Crippen LogP contribution is 2.38. The lowest BCUT2D eigenvalue weighted by Crippen LogP contribution is -2.13. The van der Waals surface area contributed by atoms with Gasteiger partial charge in [0.2, 0.25) is 0 Å². The first kappa shape index (κ1) is 15.4. The van der Waals surface area contributed by atoms with E-state index in [1.54, 1.807) is 0 Å². The van der Waals surface area contributed by atoms with Crippen molar-refractivity contribution >= 4 is 28.7 Å². The number of hydrogen-bond donors (Lipinski definition) is 1. The van der Waals surface area contributed by atoms with E-state index >= 15 is 0 Å². The average molecular weight is 341 g/mol. The first-order valence-corrected chi connectivity index (χ1v) is 6.75. The maximum absolute atomic E-state index is 13.2. The van der Waals surface area contributed by atoms with Gasteiger partial charge in [0.15, 0.2) is 5.65 Å². The molecule has 0 saturated heterocycles. The van der Waals surface area contributed by atoms with Crippen LogP contribution in [0.1, 0.15) is 5.56 Å². The first-order chi connectivity index (χ1) is 10.8. The summed E-state index contributed by atoms with van der Waals surface area (Å²) in [5, 5.41) is 9.83. The molecule has 0 saturated carbocycles. The summed E-state index contributed by atoms with van der Waals surface area (Å²) >= 11 is 5.76. The molecule has 0 fully saturated rings. The fraction of sp³-hybridized carbons (Fsp3) is 0.0667. The highest BCUT2D eigenvalue weighted by molar-refractivity contribution is 6.29. The van der Waals surface area contributed by atoms with Crippen molar-refractivity contribution in [3.63, 3.8) is 0 Å². The number of benzene rings is 1. The number of carbonyl (C=O) groups is 1. The number of fused-ring (bicyclic) bond motifs is 1. The molecule has 8 heteroatoms. The topological polar surface area (TPSA) is 55.1 Å². The summed E-state index contributed by atoms with van der Waals surface area (Å²) in [5.41, 5.74) is -1.29. The van der Waals surface area contributed by atoms with Crippen LogP contribution in [-0.4, -0.2) is 20.8 Å². The first-order valence-electron chi connectivity index (χ1n) is 6.37. The molecule has 118 valence electrons. The van der Waals surface area contributed by atoms with Gasteiger partial charge in [-0.25, -0.2) is 14.3 Å². The number of hydrogen-bond acceptors (Lipinski definition) is 2. The number of pyridine rings is 1. The van der Waals surface area contributed by atoms with Gasteiger partial charge in [-0.3, -0.25) is 0 Å². The summed E-state index contributed by atoms with van der Waals surface area (Å²) in [6.07, 6.45) is -6.05. The second-order valence-corrected chi connectivity index (χ2v) is 5.12. The van der Waals surface area contributed by atoms with Crippen LogP contribution in [0.4, 0.5) is 18.0 Å². The largest absolute Gasteiger partial charge is 0.464 e. The third-order valence-electron chi connectivity index (χ3n) is 3.32. The molecule has 2 heterocycles. The van der Waals surface area contributed by atoms with E-state index in [1.165, 1.54) is 36.4 Å². The average Bonchev–Trinajstić information content (AvgIpc) is 2.84. The molecule has 1 aromatic carbocycles. The number of carboxylic acid groups (broad SMARTS) is 1. The molecule has 0 atom stereocenters.